The fraction of sp³-hybridized carbons (Fsp3) is 1.00. The van der Waals surface area contributed by atoms with Gasteiger partial charge in [-0.3, -0.25) is 0 Å². The first-order chi connectivity index (χ1) is 6.79. The van der Waals surface area contributed by atoms with Crippen LogP contribution in [0.5, 0.6) is 0 Å². The second-order valence-electron chi connectivity index (χ2n) is 4.32. The van der Waals surface area contributed by atoms with E-state index in [0.717, 1.165) is 43.9 Å². The lowest BCUT2D eigenvalue weighted by Crippen LogP contribution is -2.22. The lowest BCUT2D eigenvalue weighted by Gasteiger charge is -2.07. The summed E-state index contributed by atoms with van der Waals surface area (Å²) in [6, 6.07) is 0.642. The van der Waals surface area contributed by atoms with Crippen molar-refractivity contribution in [1.29, 1.82) is 0 Å². The monoisotopic (exact) mass is 216 g/mol. The van der Waals surface area contributed by atoms with Crippen LogP contribution in [0.4, 0.5) is 0 Å². The largest absolute Gasteiger partial charge is 0.314 e. The van der Waals surface area contributed by atoms with E-state index in [1.165, 1.54) is 12.8 Å². The van der Waals surface area contributed by atoms with Crippen LogP contribution in [0.2, 0.25) is 0 Å². The maximum atomic E-state index is 12.0. The van der Waals surface area contributed by atoms with Gasteiger partial charge in [0, 0.05) is 33.8 Å². The highest BCUT2D eigenvalue weighted by atomic mass is 32.2. The third-order valence-corrected chi connectivity index (χ3v) is 5.65. The summed E-state index contributed by atoms with van der Waals surface area (Å²) in [5.41, 5.74) is 0. The Kier molecular flexibility index (Phi) is 3.44. The molecule has 0 radical (unpaired) electrons. The Morgan fingerprint density at radius 2 is 2.07 bits per heavy atom. The fourth-order valence-corrected chi connectivity index (χ4v) is 4.48. The summed E-state index contributed by atoms with van der Waals surface area (Å²) in [7, 11) is -1.75. The predicted octanol–water partition coefficient (Wildman–Crippen LogP) is 1.39. The van der Waals surface area contributed by atoms with Gasteiger partial charge in [0.2, 0.25) is 0 Å². The predicted molar refractivity (Wildman–Crippen MR) is 60.0 cm³/mol. The van der Waals surface area contributed by atoms with Crippen molar-refractivity contribution in [3.63, 3.8) is 0 Å². The van der Waals surface area contributed by atoms with Crippen molar-refractivity contribution in [3.8, 4) is 0 Å². The van der Waals surface area contributed by atoms with Gasteiger partial charge in [-0.1, -0.05) is 0 Å². The first kappa shape index (κ1) is 10.4. The maximum Gasteiger partial charge on any atom is 0.0499 e. The second-order valence-corrected chi connectivity index (χ2v) is 6.94. The molecule has 2 rings (SSSR count). The molecule has 1 atom stereocenters. The summed E-state index contributed by atoms with van der Waals surface area (Å²) in [6.07, 6.45) is 5.88. The first-order valence-electron chi connectivity index (χ1n) is 5.70. The molecule has 0 bridgehead atoms. The van der Waals surface area contributed by atoms with Gasteiger partial charge in [0.05, 0.1) is 0 Å². The summed E-state index contributed by atoms with van der Waals surface area (Å²) >= 11 is 0. The van der Waals surface area contributed by atoms with Gasteiger partial charge in [-0.25, -0.2) is 8.57 Å². The highest BCUT2D eigenvalue weighted by Crippen LogP contribution is 2.14. The topological polar surface area (TPSA) is 41.5 Å². The molecule has 2 aliphatic heterocycles. The number of nitrogens with one attached hydrogen (secondary N) is 1. The summed E-state index contributed by atoms with van der Waals surface area (Å²) in [6.45, 7) is 1.95. The summed E-state index contributed by atoms with van der Waals surface area (Å²) in [5.74, 6) is 1.70. The van der Waals surface area contributed by atoms with Crippen LogP contribution >= 0.6 is 0 Å². The second kappa shape index (κ2) is 4.62. The van der Waals surface area contributed by atoms with E-state index in [2.05, 4.69) is 9.68 Å². The Bertz CT molecular complexity index is 276. The van der Waals surface area contributed by atoms with E-state index in [0.29, 0.717) is 6.04 Å². The molecular formula is C10H20N2OS. The quantitative estimate of drug-likeness (QED) is 0.774. The highest BCUT2D eigenvalue weighted by Gasteiger charge is 2.17. The van der Waals surface area contributed by atoms with Crippen molar-refractivity contribution in [2.75, 3.05) is 24.6 Å². The average Bonchev–Trinajstić information content (AvgIpc) is 2.77. The Morgan fingerprint density at radius 3 is 2.71 bits per heavy atom. The lowest BCUT2D eigenvalue weighted by molar-refractivity contribution is 0.567. The standard InChI is InChI=1S/C10H20N2OS/c13-14(8-1-2-9-14)12-7-5-10-4-3-6-11-10/h10-11H,1-9H2. The lowest BCUT2D eigenvalue weighted by atomic mass is 10.2. The zero-order valence-corrected chi connectivity index (χ0v) is 9.52. The summed E-state index contributed by atoms with van der Waals surface area (Å²) in [4.78, 5) is 0. The van der Waals surface area contributed by atoms with Crippen molar-refractivity contribution >= 4 is 9.73 Å². The zero-order valence-electron chi connectivity index (χ0n) is 8.71. The van der Waals surface area contributed by atoms with Crippen LogP contribution in [0.3, 0.4) is 0 Å². The molecule has 0 spiro atoms. The van der Waals surface area contributed by atoms with Gasteiger partial charge < -0.3 is 5.32 Å². The highest BCUT2D eigenvalue weighted by molar-refractivity contribution is 7.93. The number of hydrogen-bond donors (Lipinski definition) is 1. The van der Waals surface area contributed by atoms with Crippen LogP contribution in [0, 0.1) is 0 Å². The average molecular weight is 216 g/mol. The third-order valence-electron chi connectivity index (χ3n) is 3.14. The van der Waals surface area contributed by atoms with Gasteiger partial charge in [0.1, 0.15) is 0 Å². The molecule has 2 aliphatic rings. The van der Waals surface area contributed by atoms with E-state index in [4.69, 9.17) is 0 Å². The molecule has 14 heavy (non-hydrogen) atoms. The molecule has 1 N–H and O–H groups in total. The molecule has 2 saturated heterocycles. The number of rotatable bonds is 3. The molecule has 3 nitrogen and oxygen atoms in total. The molecule has 0 saturated carbocycles. The van der Waals surface area contributed by atoms with Crippen molar-refractivity contribution in [2.24, 2.45) is 4.36 Å². The molecule has 0 aliphatic carbocycles. The summed E-state index contributed by atoms with van der Waals surface area (Å²) in [5, 5.41) is 3.44. The minimum Gasteiger partial charge on any atom is -0.314 e. The van der Waals surface area contributed by atoms with Crippen LogP contribution in [-0.2, 0) is 9.73 Å². The molecule has 0 aromatic carbocycles. The SMILES string of the molecule is O=S1(=NCCC2CCCN2)CCCC1. The third kappa shape index (κ3) is 2.70. The van der Waals surface area contributed by atoms with Gasteiger partial charge in [0.15, 0.2) is 0 Å². The molecule has 82 valence electrons. The van der Waals surface area contributed by atoms with Crippen LogP contribution in [0.15, 0.2) is 4.36 Å². The van der Waals surface area contributed by atoms with E-state index < -0.39 is 9.73 Å². The van der Waals surface area contributed by atoms with Crippen molar-refractivity contribution < 1.29 is 4.21 Å². The minimum atomic E-state index is -1.75. The number of hydrogen-bond acceptors (Lipinski definition) is 3. The summed E-state index contributed by atoms with van der Waals surface area (Å²) < 4.78 is 16.4. The molecule has 4 heteroatoms. The van der Waals surface area contributed by atoms with Crippen molar-refractivity contribution in [3.05, 3.63) is 0 Å². The van der Waals surface area contributed by atoms with E-state index in [-0.39, 0.29) is 0 Å². The minimum absolute atomic E-state index is 0.642. The molecule has 2 fully saturated rings. The molecule has 0 aromatic heterocycles. The molecule has 0 aromatic rings. The maximum absolute atomic E-state index is 12.0. The Balaban J connectivity index is 1.78. The van der Waals surface area contributed by atoms with E-state index in [1.54, 1.807) is 0 Å². The van der Waals surface area contributed by atoms with Gasteiger partial charge in [0.25, 0.3) is 0 Å². The van der Waals surface area contributed by atoms with E-state index in [9.17, 15) is 4.21 Å². The van der Waals surface area contributed by atoms with Crippen molar-refractivity contribution in [2.45, 2.75) is 38.1 Å². The Morgan fingerprint density at radius 1 is 1.29 bits per heavy atom. The van der Waals surface area contributed by atoms with E-state index >= 15 is 0 Å². The Hall–Kier alpha value is -0.0900. The van der Waals surface area contributed by atoms with Crippen LogP contribution < -0.4 is 5.32 Å². The van der Waals surface area contributed by atoms with Gasteiger partial charge in [-0.05, 0) is 38.6 Å². The van der Waals surface area contributed by atoms with Crippen LogP contribution in [0.1, 0.15) is 32.1 Å². The normalized spacial score (nSPS) is 30.7. The smallest absolute Gasteiger partial charge is 0.0499 e. The zero-order chi connectivity index (χ0) is 9.86. The van der Waals surface area contributed by atoms with E-state index in [1.807, 2.05) is 0 Å². The fourth-order valence-electron chi connectivity index (χ4n) is 2.26. The van der Waals surface area contributed by atoms with Gasteiger partial charge in [-0.2, -0.15) is 0 Å². The van der Waals surface area contributed by atoms with Crippen LogP contribution in [0.25, 0.3) is 0 Å². The molecule has 1 unspecified atom stereocenters. The Labute approximate surface area is 86.8 Å². The van der Waals surface area contributed by atoms with Crippen LogP contribution in [-0.4, -0.2) is 34.8 Å². The molecule has 0 amide bonds. The van der Waals surface area contributed by atoms with Gasteiger partial charge in [-0.15, -0.1) is 0 Å². The van der Waals surface area contributed by atoms with Crippen molar-refractivity contribution in [1.82, 2.24) is 5.32 Å². The first-order valence-corrected chi connectivity index (χ1v) is 7.55. The van der Waals surface area contributed by atoms with Gasteiger partial charge >= 0.3 is 0 Å². The number of nitrogens with zero attached hydrogens (tertiary/aromatic N) is 1. The molecule has 2 heterocycles. The molecular weight excluding hydrogens is 196 g/mol.